The largest absolute Gasteiger partial charge is 0.378 e. The summed E-state index contributed by atoms with van der Waals surface area (Å²) in [5, 5.41) is 3.35. The molecule has 2 nitrogen and oxygen atoms in total. The van der Waals surface area contributed by atoms with Crippen LogP contribution in [0.3, 0.4) is 0 Å². The molecule has 0 aromatic heterocycles. The highest BCUT2D eigenvalue weighted by atomic mass is 19.1. The molecule has 0 amide bonds. The van der Waals surface area contributed by atoms with E-state index < -0.39 is 0 Å². The molecule has 1 atom stereocenters. The van der Waals surface area contributed by atoms with Crippen LogP contribution in [0, 0.1) is 5.82 Å². The zero-order chi connectivity index (χ0) is 10.7. The van der Waals surface area contributed by atoms with Gasteiger partial charge in [0.15, 0.2) is 0 Å². The lowest BCUT2D eigenvalue weighted by Gasteiger charge is -2.26. The summed E-state index contributed by atoms with van der Waals surface area (Å²) in [7, 11) is 0. The maximum absolute atomic E-state index is 13.2. The second-order valence-corrected chi connectivity index (χ2v) is 3.78. The number of hydrogen-bond donors (Lipinski definition) is 1. The molecule has 1 N–H and O–H groups in total. The average molecular weight is 209 g/mol. The van der Waals surface area contributed by atoms with Crippen molar-refractivity contribution in [1.82, 2.24) is 5.32 Å². The Morgan fingerprint density at radius 3 is 3.07 bits per heavy atom. The minimum absolute atomic E-state index is 0.143. The summed E-state index contributed by atoms with van der Waals surface area (Å²) >= 11 is 0. The summed E-state index contributed by atoms with van der Waals surface area (Å²) in [4.78, 5) is 0. The van der Waals surface area contributed by atoms with Crippen molar-refractivity contribution in [3.63, 3.8) is 0 Å². The van der Waals surface area contributed by atoms with Crippen LogP contribution in [0.15, 0.2) is 18.2 Å². The standard InChI is InChI=1S/C12H16FNO/c1-2-9-3-4-10(13)7-11(9)12-8-15-6-5-14-12/h3-4,7,12,14H,2,5-6,8H2,1H3. The Morgan fingerprint density at radius 1 is 1.53 bits per heavy atom. The van der Waals surface area contributed by atoms with Gasteiger partial charge < -0.3 is 10.1 Å². The summed E-state index contributed by atoms with van der Waals surface area (Å²) in [5.41, 5.74) is 2.23. The van der Waals surface area contributed by atoms with E-state index in [1.807, 2.05) is 6.07 Å². The van der Waals surface area contributed by atoms with E-state index in [2.05, 4.69) is 12.2 Å². The van der Waals surface area contributed by atoms with Gasteiger partial charge in [-0.05, 0) is 29.7 Å². The number of morpholine rings is 1. The van der Waals surface area contributed by atoms with Crippen LogP contribution in [0.1, 0.15) is 24.1 Å². The fourth-order valence-corrected chi connectivity index (χ4v) is 1.98. The Bertz CT molecular complexity index is 334. The number of ether oxygens (including phenoxy) is 1. The van der Waals surface area contributed by atoms with E-state index in [0.717, 1.165) is 25.1 Å². The first-order valence-corrected chi connectivity index (χ1v) is 5.40. The van der Waals surface area contributed by atoms with E-state index in [4.69, 9.17) is 4.74 Å². The maximum atomic E-state index is 13.2. The number of nitrogens with one attached hydrogen (secondary N) is 1. The second kappa shape index (κ2) is 4.73. The Balaban J connectivity index is 2.27. The first-order chi connectivity index (χ1) is 7.31. The highest BCUT2D eigenvalue weighted by Crippen LogP contribution is 2.21. The minimum atomic E-state index is -0.172. The predicted molar refractivity (Wildman–Crippen MR) is 57.3 cm³/mol. The Hall–Kier alpha value is -0.930. The van der Waals surface area contributed by atoms with Crippen molar-refractivity contribution >= 4 is 0 Å². The maximum Gasteiger partial charge on any atom is 0.123 e. The SMILES string of the molecule is CCc1ccc(F)cc1C1COCCN1. The third-order valence-corrected chi connectivity index (χ3v) is 2.79. The van der Waals surface area contributed by atoms with Crippen molar-refractivity contribution in [3.8, 4) is 0 Å². The molecule has 82 valence electrons. The summed E-state index contributed by atoms with van der Waals surface area (Å²) in [6.07, 6.45) is 0.924. The Morgan fingerprint density at radius 2 is 2.40 bits per heavy atom. The number of aryl methyl sites for hydroxylation is 1. The van der Waals surface area contributed by atoms with Crippen LogP contribution in [0.5, 0.6) is 0 Å². The molecule has 1 heterocycles. The molecule has 1 aromatic carbocycles. The molecule has 3 heteroatoms. The van der Waals surface area contributed by atoms with Gasteiger partial charge in [-0.3, -0.25) is 0 Å². The summed E-state index contributed by atoms with van der Waals surface area (Å²) in [5.74, 6) is -0.172. The van der Waals surface area contributed by atoms with E-state index in [1.54, 1.807) is 6.07 Å². The minimum Gasteiger partial charge on any atom is -0.378 e. The van der Waals surface area contributed by atoms with Gasteiger partial charge >= 0.3 is 0 Å². The monoisotopic (exact) mass is 209 g/mol. The highest BCUT2D eigenvalue weighted by molar-refractivity contribution is 5.31. The Kier molecular flexibility index (Phi) is 3.34. The molecular weight excluding hydrogens is 193 g/mol. The fraction of sp³-hybridized carbons (Fsp3) is 0.500. The average Bonchev–Trinajstić information content (AvgIpc) is 2.30. The normalized spacial score (nSPS) is 21.6. The number of benzene rings is 1. The summed E-state index contributed by atoms with van der Waals surface area (Å²) in [6.45, 7) is 4.30. The van der Waals surface area contributed by atoms with Crippen molar-refractivity contribution in [3.05, 3.63) is 35.1 Å². The number of rotatable bonds is 2. The van der Waals surface area contributed by atoms with Crippen LogP contribution >= 0.6 is 0 Å². The summed E-state index contributed by atoms with van der Waals surface area (Å²) < 4.78 is 18.6. The van der Waals surface area contributed by atoms with Crippen LogP contribution in [0.25, 0.3) is 0 Å². The van der Waals surface area contributed by atoms with Crippen LogP contribution in [0.4, 0.5) is 4.39 Å². The second-order valence-electron chi connectivity index (χ2n) is 3.78. The van der Waals surface area contributed by atoms with Gasteiger partial charge in [-0.1, -0.05) is 13.0 Å². The molecule has 1 aliphatic rings. The van der Waals surface area contributed by atoms with Gasteiger partial charge in [0.05, 0.1) is 19.3 Å². The zero-order valence-electron chi connectivity index (χ0n) is 8.92. The van der Waals surface area contributed by atoms with E-state index in [-0.39, 0.29) is 11.9 Å². The van der Waals surface area contributed by atoms with E-state index >= 15 is 0 Å². The van der Waals surface area contributed by atoms with Gasteiger partial charge in [-0.15, -0.1) is 0 Å². The van der Waals surface area contributed by atoms with Gasteiger partial charge in [0, 0.05) is 6.54 Å². The van der Waals surface area contributed by atoms with E-state index in [1.165, 1.54) is 11.6 Å². The lowest BCUT2D eigenvalue weighted by molar-refractivity contribution is 0.0765. The van der Waals surface area contributed by atoms with Crippen molar-refractivity contribution in [2.75, 3.05) is 19.8 Å². The van der Waals surface area contributed by atoms with Crippen LogP contribution in [-0.2, 0) is 11.2 Å². The summed E-state index contributed by atoms with van der Waals surface area (Å²) in [6, 6.07) is 5.14. The first kappa shape index (κ1) is 10.6. The lowest BCUT2D eigenvalue weighted by Crippen LogP contribution is -2.35. The highest BCUT2D eigenvalue weighted by Gasteiger charge is 2.18. The Labute approximate surface area is 89.4 Å². The first-order valence-electron chi connectivity index (χ1n) is 5.40. The fourth-order valence-electron chi connectivity index (χ4n) is 1.98. The van der Waals surface area contributed by atoms with Crippen molar-refractivity contribution in [1.29, 1.82) is 0 Å². The number of hydrogen-bond acceptors (Lipinski definition) is 2. The molecule has 0 radical (unpaired) electrons. The predicted octanol–water partition coefficient (Wildman–Crippen LogP) is 2.05. The van der Waals surface area contributed by atoms with Gasteiger partial charge in [-0.25, -0.2) is 4.39 Å². The number of halogens is 1. The molecule has 0 saturated carbocycles. The molecule has 1 aromatic rings. The molecule has 0 bridgehead atoms. The molecular formula is C12H16FNO. The molecule has 0 spiro atoms. The van der Waals surface area contributed by atoms with Gasteiger partial charge in [0.2, 0.25) is 0 Å². The lowest BCUT2D eigenvalue weighted by atomic mass is 9.98. The topological polar surface area (TPSA) is 21.3 Å². The zero-order valence-corrected chi connectivity index (χ0v) is 8.92. The van der Waals surface area contributed by atoms with Crippen molar-refractivity contribution in [2.24, 2.45) is 0 Å². The third-order valence-electron chi connectivity index (χ3n) is 2.79. The van der Waals surface area contributed by atoms with Crippen LogP contribution < -0.4 is 5.32 Å². The van der Waals surface area contributed by atoms with Crippen LogP contribution in [-0.4, -0.2) is 19.8 Å². The van der Waals surface area contributed by atoms with E-state index in [9.17, 15) is 4.39 Å². The molecule has 2 rings (SSSR count). The molecule has 1 fully saturated rings. The van der Waals surface area contributed by atoms with Crippen molar-refractivity contribution < 1.29 is 9.13 Å². The van der Waals surface area contributed by atoms with Crippen LogP contribution in [0.2, 0.25) is 0 Å². The molecule has 1 saturated heterocycles. The molecule has 1 unspecified atom stereocenters. The molecule has 0 aliphatic carbocycles. The van der Waals surface area contributed by atoms with Gasteiger partial charge in [0.25, 0.3) is 0 Å². The molecule has 15 heavy (non-hydrogen) atoms. The van der Waals surface area contributed by atoms with Crippen molar-refractivity contribution in [2.45, 2.75) is 19.4 Å². The molecule has 1 aliphatic heterocycles. The van der Waals surface area contributed by atoms with E-state index in [0.29, 0.717) is 6.61 Å². The smallest absolute Gasteiger partial charge is 0.123 e. The quantitative estimate of drug-likeness (QED) is 0.805. The third kappa shape index (κ3) is 2.36. The van der Waals surface area contributed by atoms with Gasteiger partial charge in [-0.2, -0.15) is 0 Å². The van der Waals surface area contributed by atoms with Gasteiger partial charge in [0.1, 0.15) is 5.82 Å².